The normalized spacial score (nSPS) is 25.9. The zero-order valence-electron chi connectivity index (χ0n) is 49.1. The molecule has 4 aliphatic rings. The zero-order chi connectivity index (χ0) is 52.1. The van der Waals surface area contributed by atoms with Gasteiger partial charge in [-0.3, -0.25) is 4.79 Å². The molecular weight excluding hydrogens is 885 g/mol. The van der Waals surface area contributed by atoms with Crippen molar-refractivity contribution >= 4 is 5.97 Å². The van der Waals surface area contributed by atoms with Crippen LogP contribution in [0.25, 0.3) is 0 Å². The lowest BCUT2D eigenvalue weighted by molar-refractivity contribution is -0.151. The number of carbonyl (C=O) groups is 1. The Labute approximate surface area is 454 Å². The maximum atomic E-state index is 13.0. The number of carbonyl (C=O) groups excluding carboxylic acids is 1. The molecular formula is C71H118O2. The molecule has 0 heterocycles. The van der Waals surface area contributed by atoms with Crippen molar-refractivity contribution in [3.63, 3.8) is 0 Å². The number of ether oxygens (including phenoxy) is 1. The SMILES string of the molecule is CC/C=C\C/C=C\C/C=C\C/C=C\C/C=C\C/C=C\C/C=C\CCCCCCCCCCCCCCCCCCCCCC(=O)OC1CCC2(C)C(=CCC3C2CCC2(C)C(C(C)CCCC(C)C)CCC32)C1. The van der Waals surface area contributed by atoms with Crippen LogP contribution < -0.4 is 0 Å². The standard InChI is InChI=1S/C71H118O2/c1-7-8-9-10-11-12-13-14-15-16-17-18-19-20-21-22-23-24-25-26-27-28-29-30-31-32-33-34-35-36-37-38-39-40-41-42-43-44-45-46-47-51-69(72)73-64-56-58-70(5)63(60-64)52-53-65-67-55-54-66(62(4)50-48-49-61(2)3)71(67,6)59-57-68(65)70/h8-9,11-12,14-15,17-18,20-21,23-24,26-27,52,61-62,64-68H,7,10,13,16,19,22,25,28-51,53-60H2,1-6H3/b9-8-,12-11-,15-14-,18-17-,21-20-,24-23-,27-26-. The molecule has 0 saturated heterocycles. The van der Waals surface area contributed by atoms with Crippen LogP contribution in [0.15, 0.2) is 96.7 Å². The topological polar surface area (TPSA) is 26.3 Å². The highest BCUT2D eigenvalue weighted by Gasteiger charge is 2.59. The second-order valence-corrected chi connectivity index (χ2v) is 25.0. The quantitative estimate of drug-likeness (QED) is 0.0347. The lowest BCUT2D eigenvalue weighted by Gasteiger charge is -2.58. The monoisotopic (exact) mass is 1000 g/mol. The summed E-state index contributed by atoms with van der Waals surface area (Å²) in [6, 6.07) is 0. The molecule has 0 aromatic carbocycles. The maximum Gasteiger partial charge on any atom is 0.306 e. The van der Waals surface area contributed by atoms with E-state index in [1.165, 1.54) is 180 Å². The molecule has 0 aromatic rings. The molecule has 8 unspecified atom stereocenters. The van der Waals surface area contributed by atoms with Crippen LogP contribution in [0.5, 0.6) is 0 Å². The molecule has 4 rings (SSSR count). The van der Waals surface area contributed by atoms with Crippen molar-refractivity contribution in [3.8, 4) is 0 Å². The third kappa shape index (κ3) is 24.9. The van der Waals surface area contributed by atoms with Gasteiger partial charge in [0.25, 0.3) is 0 Å². The minimum atomic E-state index is 0.0645. The van der Waals surface area contributed by atoms with Crippen molar-refractivity contribution in [2.75, 3.05) is 0 Å². The minimum Gasteiger partial charge on any atom is -0.462 e. The summed E-state index contributed by atoms with van der Waals surface area (Å²) in [7, 11) is 0. The first-order valence-electron chi connectivity index (χ1n) is 32.1. The first kappa shape index (κ1) is 62.9. The van der Waals surface area contributed by atoms with Gasteiger partial charge in [-0.15, -0.1) is 0 Å². The molecule has 8 atom stereocenters. The van der Waals surface area contributed by atoms with Gasteiger partial charge in [0.2, 0.25) is 0 Å². The van der Waals surface area contributed by atoms with Crippen LogP contribution in [0.1, 0.15) is 292 Å². The minimum absolute atomic E-state index is 0.0645. The molecule has 0 aromatic heterocycles. The van der Waals surface area contributed by atoms with E-state index in [0.29, 0.717) is 17.3 Å². The van der Waals surface area contributed by atoms with E-state index in [-0.39, 0.29) is 12.1 Å². The van der Waals surface area contributed by atoms with E-state index in [4.69, 9.17) is 4.74 Å². The van der Waals surface area contributed by atoms with Crippen molar-refractivity contribution in [1.82, 2.24) is 0 Å². The number of hydrogen-bond acceptors (Lipinski definition) is 2. The van der Waals surface area contributed by atoms with Crippen molar-refractivity contribution in [2.45, 2.75) is 298 Å². The number of hydrogen-bond donors (Lipinski definition) is 0. The van der Waals surface area contributed by atoms with Crippen LogP contribution in [0.2, 0.25) is 0 Å². The number of allylic oxidation sites excluding steroid dienone is 15. The fourth-order valence-electron chi connectivity index (χ4n) is 14.4. The summed E-state index contributed by atoms with van der Waals surface area (Å²) in [6.07, 6.45) is 84.3. The molecule has 0 spiro atoms. The molecule has 3 saturated carbocycles. The van der Waals surface area contributed by atoms with Gasteiger partial charge in [0.1, 0.15) is 6.10 Å². The Bertz CT molecular complexity index is 1660. The van der Waals surface area contributed by atoms with Crippen LogP contribution >= 0.6 is 0 Å². The van der Waals surface area contributed by atoms with Crippen LogP contribution in [-0.2, 0) is 9.53 Å². The highest BCUT2D eigenvalue weighted by molar-refractivity contribution is 5.69. The van der Waals surface area contributed by atoms with Gasteiger partial charge in [-0.05, 0) is 155 Å². The lowest BCUT2D eigenvalue weighted by atomic mass is 9.47. The number of esters is 1. The Morgan fingerprint density at radius 3 is 1.49 bits per heavy atom. The summed E-state index contributed by atoms with van der Waals surface area (Å²) in [5, 5.41) is 0. The van der Waals surface area contributed by atoms with Crippen LogP contribution in [0.4, 0.5) is 0 Å². The molecule has 3 fully saturated rings. The molecule has 4 aliphatic carbocycles. The second kappa shape index (κ2) is 38.9. The van der Waals surface area contributed by atoms with Gasteiger partial charge < -0.3 is 4.74 Å². The second-order valence-electron chi connectivity index (χ2n) is 25.0. The van der Waals surface area contributed by atoms with E-state index in [0.717, 1.165) is 99.7 Å². The van der Waals surface area contributed by atoms with Crippen molar-refractivity contribution in [1.29, 1.82) is 0 Å². The predicted octanol–water partition coefficient (Wildman–Crippen LogP) is 22.8. The maximum absolute atomic E-state index is 13.0. The first-order chi connectivity index (χ1) is 35.7. The molecule has 0 N–H and O–H groups in total. The summed E-state index contributed by atoms with van der Waals surface area (Å²) in [6.45, 7) is 14.9. The van der Waals surface area contributed by atoms with Gasteiger partial charge in [-0.1, -0.05) is 267 Å². The Kier molecular flexibility index (Phi) is 33.5. The summed E-state index contributed by atoms with van der Waals surface area (Å²) in [5.41, 5.74) is 2.52. The van der Waals surface area contributed by atoms with Gasteiger partial charge in [-0.25, -0.2) is 0 Å². The molecule has 0 amide bonds. The van der Waals surface area contributed by atoms with Crippen molar-refractivity contribution < 1.29 is 9.53 Å². The van der Waals surface area contributed by atoms with E-state index in [1.807, 2.05) is 0 Å². The van der Waals surface area contributed by atoms with Crippen molar-refractivity contribution in [2.24, 2.45) is 46.3 Å². The van der Waals surface area contributed by atoms with E-state index in [9.17, 15) is 4.79 Å². The fraction of sp³-hybridized carbons (Fsp3) is 0.761. The molecule has 2 nitrogen and oxygen atoms in total. The molecule has 0 radical (unpaired) electrons. The number of rotatable bonds is 41. The molecule has 0 bridgehead atoms. The average Bonchev–Trinajstić information content (AvgIpc) is 3.74. The Morgan fingerprint density at radius 2 is 1.00 bits per heavy atom. The van der Waals surface area contributed by atoms with Gasteiger partial charge in [-0.2, -0.15) is 0 Å². The predicted molar refractivity (Wildman–Crippen MR) is 322 cm³/mol. The Hall–Kier alpha value is -2.61. The molecule has 0 aliphatic heterocycles. The van der Waals surface area contributed by atoms with E-state index >= 15 is 0 Å². The van der Waals surface area contributed by atoms with Gasteiger partial charge >= 0.3 is 5.97 Å². The summed E-state index contributed by atoms with van der Waals surface area (Å²) in [4.78, 5) is 13.0. The highest BCUT2D eigenvalue weighted by atomic mass is 16.5. The van der Waals surface area contributed by atoms with Gasteiger partial charge in [0.05, 0.1) is 0 Å². The largest absolute Gasteiger partial charge is 0.462 e. The molecule has 73 heavy (non-hydrogen) atoms. The Balaban J connectivity index is 0.861. The highest BCUT2D eigenvalue weighted by Crippen LogP contribution is 2.67. The van der Waals surface area contributed by atoms with Crippen LogP contribution in [0, 0.1) is 46.3 Å². The van der Waals surface area contributed by atoms with Crippen LogP contribution in [0.3, 0.4) is 0 Å². The van der Waals surface area contributed by atoms with E-state index in [1.54, 1.807) is 5.57 Å². The number of unbranched alkanes of at least 4 members (excludes halogenated alkanes) is 19. The lowest BCUT2D eigenvalue weighted by Crippen LogP contribution is -2.51. The van der Waals surface area contributed by atoms with Crippen LogP contribution in [-0.4, -0.2) is 12.1 Å². The fourth-order valence-corrected chi connectivity index (χ4v) is 14.4. The first-order valence-corrected chi connectivity index (χ1v) is 32.1. The zero-order valence-corrected chi connectivity index (χ0v) is 49.1. The smallest absolute Gasteiger partial charge is 0.306 e. The summed E-state index contributed by atoms with van der Waals surface area (Å²) >= 11 is 0. The third-order valence-electron chi connectivity index (χ3n) is 18.8. The average molecular weight is 1000 g/mol. The summed E-state index contributed by atoms with van der Waals surface area (Å²) in [5.74, 6) is 5.30. The van der Waals surface area contributed by atoms with E-state index in [2.05, 4.69) is 133 Å². The number of fused-ring (bicyclic) bond motifs is 5. The van der Waals surface area contributed by atoms with Gasteiger partial charge in [0, 0.05) is 12.8 Å². The third-order valence-corrected chi connectivity index (χ3v) is 18.8. The van der Waals surface area contributed by atoms with Crippen molar-refractivity contribution in [3.05, 3.63) is 96.7 Å². The molecule has 414 valence electrons. The Morgan fingerprint density at radius 1 is 0.534 bits per heavy atom. The van der Waals surface area contributed by atoms with E-state index < -0.39 is 0 Å². The van der Waals surface area contributed by atoms with Gasteiger partial charge in [0.15, 0.2) is 0 Å². The molecule has 2 heteroatoms. The summed E-state index contributed by atoms with van der Waals surface area (Å²) < 4.78 is 6.19.